The van der Waals surface area contributed by atoms with Gasteiger partial charge in [0.25, 0.3) is 8.32 Å². The molecule has 0 bridgehead atoms. The summed E-state index contributed by atoms with van der Waals surface area (Å²) in [6, 6.07) is 9.27. The normalized spacial score (nSPS) is 12.3. The third-order valence-electron chi connectivity index (χ3n) is 4.86. The van der Waals surface area contributed by atoms with Crippen molar-refractivity contribution in [3.63, 3.8) is 0 Å². The van der Waals surface area contributed by atoms with Gasteiger partial charge in [0.1, 0.15) is 5.75 Å². The molecule has 130 valence electrons. The van der Waals surface area contributed by atoms with Crippen LogP contribution in [0.3, 0.4) is 0 Å². The van der Waals surface area contributed by atoms with Gasteiger partial charge in [-0.3, -0.25) is 0 Å². The molecule has 0 saturated heterocycles. The van der Waals surface area contributed by atoms with Crippen molar-refractivity contribution in [2.75, 3.05) is 19.0 Å². The summed E-state index contributed by atoms with van der Waals surface area (Å²) in [7, 11) is 1.82. The first-order valence-electron chi connectivity index (χ1n) is 8.11. The zero-order valence-corrected chi connectivity index (χ0v) is 16.6. The average molecular weight is 346 g/mol. The largest absolute Gasteiger partial charge is 0.543 e. The molecule has 5 heteroatoms. The first-order valence-corrected chi connectivity index (χ1v) is 11.0. The van der Waals surface area contributed by atoms with Crippen LogP contribution in [0.2, 0.25) is 18.1 Å². The van der Waals surface area contributed by atoms with Crippen LogP contribution in [0.15, 0.2) is 30.3 Å². The summed E-state index contributed by atoms with van der Waals surface area (Å²) >= 11 is 0. The number of aromatic carboxylic acids is 1. The standard InChI is InChI=1S/C19H27NO3Si/c1-19(2,3)24(6,7)23-16-12-11-15(20(4)5)17-13(16)9-8-10-14(17)18(21)22/h8-12H,1-7H3,(H,21,22). The molecule has 2 aromatic carbocycles. The van der Waals surface area contributed by atoms with Crippen molar-refractivity contribution in [2.24, 2.45) is 0 Å². The minimum atomic E-state index is -2.01. The fraction of sp³-hybridized carbons (Fsp3) is 0.421. The zero-order valence-electron chi connectivity index (χ0n) is 15.6. The van der Waals surface area contributed by atoms with Gasteiger partial charge in [0.15, 0.2) is 0 Å². The number of hydrogen-bond donors (Lipinski definition) is 1. The molecule has 0 heterocycles. The van der Waals surface area contributed by atoms with Gasteiger partial charge in [-0.25, -0.2) is 4.79 Å². The summed E-state index contributed by atoms with van der Waals surface area (Å²) in [5.41, 5.74) is 1.18. The molecule has 0 radical (unpaired) electrons. The molecule has 0 amide bonds. The summed E-state index contributed by atoms with van der Waals surface area (Å²) in [5, 5.41) is 11.2. The van der Waals surface area contributed by atoms with Crippen molar-refractivity contribution >= 4 is 30.7 Å². The van der Waals surface area contributed by atoms with Crippen molar-refractivity contribution in [3.05, 3.63) is 35.9 Å². The van der Waals surface area contributed by atoms with E-state index in [2.05, 4.69) is 33.9 Å². The van der Waals surface area contributed by atoms with E-state index in [1.54, 1.807) is 12.1 Å². The molecule has 0 aliphatic carbocycles. The minimum Gasteiger partial charge on any atom is -0.543 e. The fourth-order valence-electron chi connectivity index (χ4n) is 2.43. The fourth-order valence-corrected chi connectivity index (χ4v) is 3.46. The molecular formula is C19H27NO3Si. The number of nitrogens with zero attached hydrogens (tertiary/aromatic N) is 1. The predicted octanol–water partition coefficient (Wildman–Crippen LogP) is 4.99. The van der Waals surface area contributed by atoms with Crippen molar-refractivity contribution in [1.82, 2.24) is 0 Å². The lowest BCUT2D eigenvalue weighted by atomic mass is 10.0. The van der Waals surface area contributed by atoms with Crippen LogP contribution in [0.4, 0.5) is 5.69 Å². The Bertz CT molecular complexity index is 776. The second-order valence-electron chi connectivity index (χ2n) is 7.87. The summed E-state index contributed by atoms with van der Waals surface area (Å²) < 4.78 is 6.48. The van der Waals surface area contributed by atoms with Crippen LogP contribution in [0.1, 0.15) is 31.1 Å². The first-order chi connectivity index (χ1) is 11.0. The van der Waals surface area contributed by atoms with Gasteiger partial charge in [-0.05, 0) is 36.3 Å². The highest BCUT2D eigenvalue weighted by Crippen LogP contribution is 2.41. The highest BCUT2D eigenvalue weighted by molar-refractivity contribution is 6.74. The number of benzene rings is 2. The molecule has 4 nitrogen and oxygen atoms in total. The zero-order chi connectivity index (χ0) is 18.3. The minimum absolute atomic E-state index is 0.0734. The van der Waals surface area contributed by atoms with E-state index in [4.69, 9.17) is 4.43 Å². The van der Waals surface area contributed by atoms with Crippen LogP contribution in [-0.4, -0.2) is 33.5 Å². The molecule has 0 aromatic heterocycles. The molecule has 0 saturated carbocycles. The molecule has 0 unspecified atom stereocenters. The van der Waals surface area contributed by atoms with Crippen molar-refractivity contribution in [2.45, 2.75) is 38.9 Å². The van der Waals surface area contributed by atoms with E-state index in [1.807, 2.05) is 37.2 Å². The predicted molar refractivity (Wildman–Crippen MR) is 103 cm³/mol. The Hall–Kier alpha value is -2.01. The van der Waals surface area contributed by atoms with Gasteiger partial charge < -0.3 is 14.4 Å². The average Bonchev–Trinajstić information content (AvgIpc) is 2.44. The van der Waals surface area contributed by atoms with E-state index >= 15 is 0 Å². The first kappa shape index (κ1) is 18.3. The van der Waals surface area contributed by atoms with Crippen molar-refractivity contribution < 1.29 is 14.3 Å². The maximum atomic E-state index is 11.7. The van der Waals surface area contributed by atoms with E-state index in [-0.39, 0.29) is 5.04 Å². The Morgan fingerprint density at radius 3 is 2.25 bits per heavy atom. The number of carbonyl (C=O) groups is 1. The Balaban J connectivity index is 2.73. The number of hydrogen-bond acceptors (Lipinski definition) is 3. The number of carboxylic acids is 1. The molecule has 2 aromatic rings. The topological polar surface area (TPSA) is 49.8 Å². The molecule has 0 atom stereocenters. The van der Waals surface area contributed by atoms with Crippen LogP contribution < -0.4 is 9.33 Å². The highest BCUT2D eigenvalue weighted by atomic mass is 28.4. The Morgan fingerprint density at radius 2 is 1.75 bits per heavy atom. The van der Waals surface area contributed by atoms with Crippen molar-refractivity contribution in [1.29, 1.82) is 0 Å². The maximum absolute atomic E-state index is 11.7. The Morgan fingerprint density at radius 1 is 1.12 bits per heavy atom. The number of rotatable bonds is 4. The third-order valence-corrected chi connectivity index (χ3v) is 9.20. The second kappa shape index (κ2) is 6.13. The summed E-state index contributed by atoms with van der Waals surface area (Å²) in [4.78, 5) is 13.6. The van der Waals surface area contributed by atoms with Gasteiger partial charge in [-0.2, -0.15) is 0 Å². The smallest absolute Gasteiger partial charge is 0.336 e. The molecule has 0 aliphatic heterocycles. The quantitative estimate of drug-likeness (QED) is 0.793. The van der Waals surface area contributed by atoms with E-state index in [9.17, 15) is 9.90 Å². The van der Waals surface area contributed by atoms with Crippen LogP contribution in [0, 0.1) is 0 Å². The lowest BCUT2D eigenvalue weighted by Gasteiger charge is -2.37. The summed E-state index contributed by atoms with van der Waals surface area (Å²) in [6.45, 7) is 11.0. The highest BCUT2D eigenvalue weighted by Gasteiger charge is 2.39. The summed E-state index contributed by atoms with van der Waals surface area (Å²) in [5.74, 6) is -0.154. The lowest BCUT2D eigenvalue weighted by Crippen LogP contribution is -2.43. The van der Waals surface area contributed by atoms with Gasteiger partial charge in [-0.1, -0.05) is 32.9 Å². The monoisotopic (exact) mass is 345 g/mol. The maximum Gasteiger partial charge on any atom is 0.336 e. The van der Waals surface area contributed by atoms with Gasteiger partial charge >= 0.3 is 5.97 Å². The molecule has 1 N–H and O–H groups in total. The van der Waals surface area contributed by atoms with Gasteiger partial charge in [0, 0.05) is 30.6 Å². The Labute approximate surface area is 145 Å². The van der Waals surface area contributed by atoms with Crippen LogP contribution >= 0.6 is 0 Å². The summed E-state index contributed by atoms with van der Waals surface area (Å²) in [6.07, 6.45) is 0. The molecule has 2 rings (SSSR count). The number of fused-ring (bicyclic) bond motifs is 1. The van der Waals surface area contributed by atoms with Gasteiger partial charge in [-0.15, -0.1) is 0 Å². The second-order valence-corrected chi connectivity index (χ2v) is 12.6. The molecule has 0 fully saturated rings. The molecule has 0 aliphatic rings. The van der Waals surface area contributed by atoms with E-state index in [0.717, 1.165) is 22.2 Å². The van der Waals surface area contributed by atoms with Gasteiger partial charge in [0.2, 0.25) is 0 Å². The molecule has 24 heavy (non-hydrogen) atoms. The van der Waals surface area contributed by atoms with Gasteiger partial charge in [0.05, 0.1) is 5.56 Å². The van der Waals surface area contributed by atoms with Crippen LogP contribution in [0.5, 0.6) is 5.75 Å². The van der Waals surface area contributed by atoms with Crippen molar-refractivity contribution in [3.8, 4) is 5.75 Å². The number of carboxylic acid groups (broad SMARTS) is 1. The SMILES string of the molecule is CN(C)c1ccc(O[Si](C)(C)C(C)(C)C)c2cccc(C(=O)O)c12. The molecule has 0 spiro atoms. The third kappa shape index (κ3) is 3.26. The Kier molecular flexibility index (Phi) is 4.68. The number of anilines is 1. The van der Waals surface area contributed by atoms with E-state index in [0.29, 0.717) is 5.56 Å². The lowest BCUT2D eigenvalue weighted by molar-refractivity contribution is 0.0699. The van der Waals surface area contributed by atoms with Crippen LogP contribution in [0.25, 0.3) is 10.8 Å². The van der Waals surface area contributed by atoms with E-state index < -0.39 is 14.3 Å². The molecular weight excluding hydrogens is 318 g/mol. The van der Waals surface area contributed by atoms with Crippen LogP contribution in [-0.2, 0) is 0 Å². The van der Waals surface area contributed by atoms with E-state index in [1.165, 1.54) is 0 Å².